The van der Waals surface area contributed by atoms with E-state index in [1.807, 2.05) is 6.92 Å². The predicted octanol–water partition coefficient (Wildman–Crippen LogP) is -0.558. The standard InChI is InChI=1S/C10H20N2O3/c1-7(9(13)5-15-6-11)4-8-2-3-12-10(8)14/h7-9,13H,2-6,11H2,1H3,(H,12,14)/t7-,8-,9?/m0/s1. The summed E-state index contributed by atoms with van der Waals surface area (Å²) in [6.07, 6.45) is 1.04. The Bertz CT molecular complexity index is 211. The van der Waals surface area contributed by atoms with Crippen molar-refractivity contribution >= 4 is 5.91 Å². The third-order valence-corrected chi connectivity index (χ3v) is 2.88. The second kappa shape index (κ2) is 6.05. The van der Waals surface area contributed by atoms with E-state index in [9.17, 15) is 9.90 Å². The molecule has 1 aliphatic rings. The Hall–Kier alpha value is -0.650. The van der Waals surface area contributed by atoms with Gasteiger partial charge in [0, 0.05) is 12.5 Å². The van der Waals surface area contributed by atoms with E-state index in [1.165, 1.54) is 0 Å². The average molecular weight is 216 g/mol. The predicted molar refractivity (Wildman–Crippen MR) is 55.9 cm³/mol. The molecule has 1 amide bonds. The van der Waals surface area contributed by atoms with Crippen LogP contribution in [-0.4, -0.2) is 37.0 Å². The number of aliphatic hydroxyl groups excluding tert-OH is 1. The third kappa shape index (κ3) is 3.77. The van der Waals surface area contributed by atoms with E-state index in [1.54, 1.807) is 0 Å². The Balaban J connectivity index is 2.27. The number of hydrogen-bond acceptors (Lipinski definition) is 4. The number of nitrogens with two attached hydrogens (primary N) is 1. The van der Waals surface area contributed by atoms with Gasteiger partial charge < -0.3 is 20.9 Å². The molecule has 4 N–H and O–H groups in total. The minimum absolute atomic E-state index is 0.0486. The van der Waals surface area contributed by atoms with Crippen LogP contribution in [0.2, 0.25) is 0 Å². The highest BCUT2D eigenvalue weighted by Crippen LogP contribution is 2.21. The van der Waals surface area contributed by atoms with Crippen LogP contribution < -0.4 is 11.1 Å². The first-order valence-electron chi connectivity index (χ1n) is 5.38. The molecular weight excluding hydrogens is 196 g/mol. The maximum atomic E-state index is 11.3. The van der Waals surface area contributed by atoms with Gasteiger partial charge in [-0.15, -0.1) is 0 Å². The van der Waals surface area contributed by atoms with Crippen LogP contribution in [-0.2, 0) is 9.53 Å². The first-order valence-corrected chi connectivity index (χ1v) is 5.38. The Labute approximate surface area is 90.0 Å². The Morgan fingerprint density at radius 3 is 3.00 bits per heavy atom. The van der Waals surface area contributed by atoms with Gasteiger partial charge in [-0.25, -0.2) is 0 Å². The second-order valence-electron chi connectivity index (χ2n) is 4.09. The van der Waals surface area contributed by atoms with Crippen LogP contribution in [0.4, 0.5) is 0 Å². The zero-order valence-corrected chi connectivity index (χ0v) is 9.11. The fraction of sp³-hybridized carbons (Fsp3) is 0.900. The lowest BCUT2D eigenvalue weighted by Gasteiger charge is -2.20. The number of carbonyl (C=O) groups excluding carboxylic acids is 1. The van der Waals surface area contributed by atoms with Crippen molar-refractivity contribution in [3.63, 3.8) is 0 Å². The molecule has 15 heavy (non-hydrogen) atoms. The summed E-state index contributed by atoms with van der Waals surface area (Å²) in [5.74, 6) is 0.215. The molecule has 1 heterocycles. The van der Waals surface area contributed by atoms with Crippen LogP contribution in [0.1, 0.15) is 19.8 Å². The molecule has 0 radical (unpaired) electrons. The van der Waals surface area contributed by atoms with Crippen molar-refractivity contribution in [1.29, 1.82) is 0 Å². The molecule has 0 aliphatic carbocycles. The second-order valence-corrected chi connectivity index (χ2v) is 4.09. The Kier molecular flexibility index (Phi) is 5.01. The molecule has 5 heteroatoms. The van der Waals surface area contributed by atoms with Crippen molar-refractivity contribution in [2.45, 2.75) is 25.9 Å². The van der Waals surface area contributed by atoms with Gasteiger partial charge in [-0.2, -0.15) is 0 Å². The number of hydrogen-bond donors (Lipinski definition) is 3. The summed E-state index contributed by atoms with van der Waals surface area (Å²) in [4.78, 5) is 11.3. The van der Waals surface area contributed by atoms with Gasteiger partial charge in [0.2, 0.25) is 5.91 Å². The summed E-state index contributed by atoms with van der Waals surface area (Å²) < 4.78 is 4.93. The highest BCUT2D eigenvalue weighted by Gasteiger charge is 2.28. The van der Waals surface area contributed by atoms with E-state index in [2.05, 4.69) is 5.32 Å². The van der Waals surface area contributed by atoms with E-state index in [0.717, 1.165) is 13.0 Å². The normalized spacial score (nSPS) is 25.0. The van der Waals surface area contributed by atoms with Gasteiger partial charge in [0.05, 0.1) is 19.4 Å². The van der Waals surface area contributed by atoms with Crippen LogP contribution in [0.15, 0.2) is 0 Å². The van der Waals surface area contributed by atoms with Gasteiger partial charge in [-0.1, -0.05) is 6.92 Å². The molecule has 0 aromatic rings. The molecular formula is C10H20N2O3. The molecule has 0 saturated carbocycles. The van der Waals surface area contributed by atoms with E-state index in [4.69, 9.17) is 10.5 Å². The van der Waals surface area contributed by atoms with E-state index in [-0.39, 0.29) is 31.1 Å². The van der Waals surface area contributed by atoms with Gasteiger partial charge in [0.25, 0.3) is 0 Å². The molecule has 1 saturated heterocycles. The molecule has 88 valence electrons. The van der Waals surface area contributed by atoms with Gasteiger partial charge >= 0.3 is 0 Å². The summed E-state index contributed by atoms with van der Waals surface area (Å²) in [6.45, 7) is 3.04. The zero-order chi connectivity index (χ0) is 11.3. The van der Waals surface area contributed by atoms with Crippen LogP contribution in [0.5, 0.6) is 0 Å². The number of amides is 1. The van der Waals surface area contributed by atoms with Gasteiger partial charge in [-0.3, -0.25) is 4.79 Å². The molecule has 1 rings (SSSR count). The minimum Gasteiger partial charge on any atom is -0.390 e. The molecule has 1 unspecified atom stereocenters. The van der Waals surface area contributed by atoms with Gasteiger partial charge in [0.1, 0.15) is 0 Å². The Morgan fingerprint density at radius 1 is 1.73 bits per heavy atom. The molecule has 0 bridgehead atoms. The first-order chi connectivity index (χ1) is 7.15. The lowest BCUT2D eigenvalue weighted by Crippen LogP contribution is -2.29. The number of aliphatic hydroxyl groups is 1. The highest BCUT2D eigenvalue weighted by molar-refractivity contribution is 5.80. The number of ether oxygens (including phenoxy) is 1. The molecule has 0 aromatic carbocycles. The van der Waals surface area contributed by atoms with Crippen molar-refractivity contribution in [2.75, 3.05) is 19.9 Å². The molecule has 0 spiro atoms. The smallest absolute Gasteiger partial charge is 0.223 e. The largest absolute Gasteiger partial charge is 0.390 e. The maximum Gasteiger partial charge on any atom is 0.223 e. The number of nitrogens with one attached hydrogen (secondary N) is 1. The zero-order valence-electron chi connectivity index (χ0n) is 9.11. The molecule has 0 aromatic heterocycles. The van der Waals surface area contributed by atoms with E-state index >= 15 is 0 Å². The summed E-state index contributed by atoms with van der Waals surface area (Å²) in [5.41, 5.74) is 5.17. The number of carbonyl (C=O) groups is 1. The lowest BCUT2D eigenvalue weighted by atomic mass is 9.91. The fourth-order valence-corrected chi connectivity index (χ4v) is 1.83. The molecule has 3 atom stereocenters. The summed E-state index contributed by atoms with van der Waals surface area (Å²) in [6, 6.07) is 0. The van der Waals surface area contributed by atoms with Crippen LogP contribution in [0.3, 0.4) is 0 Å². The van der Waals surface area contributed by atoms with E-state index in [0.29, 0.717) is 6.42 Å². The average Bonchev–Trinajstić information content (AvgIpc) is 2.61. The van der Waals surface area contributed by atoms with Crippen LogP contribution in [0, 0.1) is 11.8 Å². The number of rotatable bonds is 6. The molecule has 1 fully saturated rings. The highest BCUT2D eigenvalue weighted by atomic mass is 16.5. The van der Waals surface area contributed by atoms with Crippen molar-refractivity contribution in [1.82, 2.24) is 5.32 Å². The quantitative estimate of drug-likeness (QED) is 0.520. The molecule has 1 aliphatic heterocycles. The van der Waals surface area contributed by atoms with Crippen LogP contribution in [0.25, 0.3) is 0 Å². The fourth-order valence-electron chi connectivity index (χ4n) is 1.83. The first kappa shape index (κ1) is 12.4. The summed E-state index contributed by atoms with van der Waals surface area (Å²) in [5, 5.41) is 12.5. The summed E-state index contributed by atoms with van der Waals surface area (Å²) >= 11 is 0. The Morgan fingerprint density at radius 2 is 2.47 bits per heavy atom. The lowest BCUT2D eigenvalue weighted by molar-refractivity contribution is -0.123. The molecule has 5 nitrogen and oxygen atoms in total. The van der Waals surface area contributed by atoms with Crippen molar-refractivity contribution in [2.24, 2.45) is 17.6 Å². The minimum atomic E-state index is -0.540. The summed E-state index contributed by atoms with van der Waals surface area (Å²) in [7, 11) is 0. The topological polar surface area (TPSA) is 84.6 Å². The van der Waals surface area contributed by atoms with Crippen LogP contribution >= 0.6 is 0 Å². The van der Waals surface area contributed by atoms with Gasteiger partial charge in [-0.05, 0) is 18.8 Å². The van der Waals surface area contributed by atoms with Crippen molar-refractivity contribution in [3.05, 3.63) is 0 Å². The maximum absolute atomic E-state index is 11.3. The SMILES string of the molecule is C[C@@H](C[C@@H]1CCNC1=O)C(O)COCN. The van der Waals surface area contributed by atoms with Crippen molar-refractivity contribution < 1.29 is 14.6 Å². The van der Waals surface area contributed by atoms with Gasteiger partial charge in [0.15, 0.2) is 0 Å². The monoisotopic (exact) mass is 216 g/mol. The third-order valence-electron chi connectivity index (χ3n) is 2.88. The van der Waals surface area contributed by atoms with E-state index < -0.39 is 6.10 Å². The van der Waals surface area contributed by atoms with Crippen molar-refractivity contribution in [3.8, 4) is 0 Å².